The Labute approximate surface area is 112 Å². The van der Waals surface area contributed by atoms with E-state index in [1.165, 1.54) is 11.1 Å². The fraction of sp³-hybridized carbons (Fsp3) is 0.625. The molecule has 2 heteroatoms. The predicted octanol–water partition coefficient (Wildman–Crippen LogP) is 3.80. The Morgan fingerprint density at radius 2 is 1.94 bits per heavy atom. The number of hydrogen-bond donors (Lipinski definition) is 1. The zero-order valence-electron chi connectivity index (χ0n) is 12.4. The first-order valence-electron chi connectivity index (χ1n) is 6.86. The van der Waals surface area contributed by atoms with Gasteiger partial charge < -0.3 is 10.5 Å². The molecule has 0 aliphatic carbocycles. The molecule has 2 N–H and O–H groups in total. The minimum Gasteiger partial charge on any atom is -0.490 e. The summed E-state index contributed by atoms with van der Waals surface area (Å²) in [5, 5.41) is 0. The van der Waals surface area contributed by atoms with Crippen molar-refractivity contribution in [1.29, 1.82) is 0 Å². The Morgan fingerprint density at radius 1 is 1.28 bits per heavy atom. The summed E-state index contributed by atoms with van der Waals surface area (Å²) in [6, 6.07) is 6.43. The summed E-state index contributed by atoms with van der Waals surface area (Å²) in [6.45, 7) is 11.6. The Balaban J connectivity index is 3.01. The molecule has 0 aromatic heterocycles. The first-order chi connectivity index (χ1) is 8.38. The smallest absolute Gasteiger partial charge is 0.123 e. The highest BCUT2D eigenvalue weighted by atomic mass is 16.5. The van der Waals surface area contributed by atoms with Gasteiger partial charge in [-0.05, 0) is 43.4 Å². The van der Waals surface area contributed by atoms with Crippen LogP contribution in [0.2, 0.25) is 0 Å². The van der Waals surface area contributed by atoms with E-state index in [1.54, 1.807) is 0 Å². The van der Waals surface area contributed by atoms with Crippen LogP contribution in [0.5, 0.6) is 5.75 Å². The van der Waals surface area contributed by atoms with Crippen LogP contribution in [0, 0.1) is 6.92 Å². The Morgan fingerprint density at radius 3 is 2.44 bits per heavy atom. The quantitative estimate of drug-likeness (QED) is 0.861. The van der Waals surface area contributed by atoms with Crippen molar-refractivity contribution in [3.63, 3.8) is 0 Å². The molecule has 1 aromatic rings. The van der Waals surface area contributed by atoms with Gasteiger partial charge in [0.2, 0.25) is 0 Å². The lowest BCUT2D eigenvalue weighted by Crippen LogP contribution is -2.22. The van der Waals surface area contributed by atoms with Crippen LogP contribution in [0.25, 0.3) is 0 Å². The minimum atomic E-state index is 0.0996. The molecule has 0 aliphatic rings. The molecule has 2 nitrogen and oxygen atoms in total. The SMILES string of the molecule is CCC(CCN)Oc1ccc(C)cc1C(C)(C)C. The van der Waals surface area contributed by atoms with Crippen LogP contribution < -0.4 is 10.5 Å². The molecule has 0 aliphatic heterocycles. The van der Waals surface area contributed by atoms with E-state index in [0.717, 1.165) is 18.6 Å². The number of nitrogens with two attached hydrogens (primary N) is 1. The fourth-order valence-electron chi connectivity index (χ4n) is 2.04. The lowest BCUT2D eigenvalue weighted by molar-refractivity contribution is 0.185. The van der Waals surface area contributed by atoms with Gasteiger partial charge >= 0.3 is 0 Å². The highest BCUT2D eigenvalue weighted by Crippen LogP contribution is 2.33. The molecule has 0 fully saturated rings. The second kappa shape index (κ2) is 6.24. The van der Waals surface area contributed by atoms with Crippen LogP contribution in [0.3, 0.4) is 0 Å². The van der Waals surface area contributed by atoms with Crippen molar-refractivity contribution in [1.82, 2.24) is 0 Å². The average Bonchev–Trinajstić information content (AvgIpc) is 2.29. The molecule has 0 spiro atoms. The summed E-state index contributed by atoms with van der Waals surface area (Å²) < 4.78 is 6.14. The lowest BCUT2D eigenvalue weighted by Gasteiger charge is -2.26. The summed E-state index contributed by atoms with van der Waals surface area (Å²) >= 11 is 0. The van der Waals surface area contributed by atoms with Crippen molar-refractivity contribution in [2.45, 2.75) is 59.0 Å². The molecule has 1 atom stereocenters. The minimum absolute atomic E-state index is 0.0996. The van der Waals surface area contributed by atoms with Crippen LogP contribution in [0.1, 0.15) is 51.7 Å². The Hall–Kier alpha value is -1.02. The van der Waals surface area contributed by atoms with E-state index in [0.29, 0.717) is 6.54 Å². The molecular formula is C16H27NO. The largest absolute Gasteiger partial charge is 0.490 e. The Bertz CT molecular complexity index is 379. The average molecular weight is 249 g/mol. The third-order valence-electron chi connectivity index (χ3n) is 3.18. The van der Waals surface area contributed by atoms with Gasteiger partial charge in [-0.1, -0.05) is 45.4 Å². The molecule has 18 heavy (non-hydrogen) atoms. The number of aryl methyl sites for hydroxylation is 1. The third kappa shape index (κ3) is 4.02. The molecule has 1 unspecified atom stereocenters. The van der Waals surface area contributed by atoms with Crippen LogP contribution >= 0.6 is 0 Å². The standard InChI is InChI=1S/C16H27NO/c1-6-13(9-10-17)18-15-8-7-12(2)11-14(15)16(3,4)5/h7-8,11,13H,6,9-10,17H2,1-5H3. The number of benzene rings is 1. The molecule has 102 valence electrons. The zero-order chi connectivity index (χ0) is 13.8. The molecule has 0 heterocycles. The molecule has 0 saturated carbocycles. The van der Waals surface area contributed by atoms with Crippen molar-refractivity contribution in [2.24, 2.45) is 5.73 Å². The summed E-state index contributed by atoms with van der Waals surface area (Å²) in [6.07, 6.45) is 2.13. The van der Waals surface area contributed by atoms with E-state index in [9.17, 15) is 0 Å². The fourth-order valence-corrected chi connectivity index (χ4v) is 2.04. The maximum atomic E-state index is 6.14. The molecule has 1 aromatic carbocycles. The van der Waals surface area contributed by atoms with Gasteiger partial charge in [-0.3, -0.25) is 0 Å². The summed E-state index contributed by atoms with van der Waals surface area (Å²) in [5.74, 6) is 1.01. The van der Waals surface area contributed by atoms with E-state index < -0.39 is 0 Å². The van der Waals surface area contributed by atoms with Crippen molar-refractivity contribution in [3.05, 3.63) is 29.3 Å². The highest BCUT2D eigenvalue weighted by Gasteiger charge is 2.20. The van der Waals surface area contributed by atoms with Crippen molar-refractivity contribution in [2.75, 3.05) is 6.54 Å². The molecule has 0 saturated heterocycles. The zero-order valence-corrected chi connectivity index (χ0v) is 12.4. The molecule has 0 amide bonds. The monoisotopic (exact) mass is 249 g/mol. The van der Waals surface area contributed by atoms with Crippen LogP contribution in [-0.2, 0) is 5.41 Å². The summed E-state index contributed by atoms with van der Waals surface area (Å²) in [4.78, 5) is 0. The van der Waals surface area contributed by atoms with Gasteiger partial charge in [0, 0.05) is 0 Å². The maximum absolute atomic E-state index is 6.14. The second-order valence-electron chi connectivity index (χ2n) is 5.98. The van der Waals surface area contributed by atoms with Gasteiger partial charge in [-0.2, -0.15) is 0 Å². The Kier molecular flexibility index (Phi) is 5.21. The van der Waals surface area contributed by atoms with E-state index in [4.69, 9.17) is 10.5 Å². The lowest BCUT2D eigenvalue weighted by atomic mass is 9.85. The first-order valence-corrected chi connectivity index (χ1v) is 6.86. The maximum Gasteiger partial charge on any atom is 0.123 e. The number of rotatable bonds is 5. The first kappa shape index (κ1) is 15.0. The normalized spacial score (nSPS) is 13.4. The van der Waals surface area contributed by atoms with Gasteiger partial charge in [0.15, 0.2) is 0 Å². The summed E-state index contributed by atoms with van der Waals surface area (Å²) in [5.41, 5.74) is 8.28. The van der Waals surface area contributed by atoms with Gasteiger partial charge in [-0.15, -0.1) is 0 Å². The predicted molar refractivity (Wildman–Crippen MR) is 78.3 cm³/mol. The number of ether oxygens (including phenoxy) is 1. The highest BCUT2D eigenvalue weighted by molar-refractivity contribution is 5.41. The van der Waals surface area contributed by atoms with Crippen molar-refractivity contribution >= 4 is 0 Å². The van der Waals surface area contributed by atoms with E-state index in [2.05, 4.69) is 52.8 Å². The van der Waals surface area contributed by atoms with Gasteiger partial charge in [0.1, 0.15) is 5.75 Å². The number of hydrogen-bond acceptors (Lipinski definition) is 2. The van der Waals surface area contributed by atoms with Crippen LogP contribution in [0.15, 0.2) is 18.2 Å². The summed E-state index contributed by atoms with van der Waals surface area (Å²) in [7, 11) is 0. The topological polar surface area (TPSA) is 35.2 Å². The van der Waals surface area contributed by atoms with E-state index in [-0.39, 0.29) is 11.5 Å². The third-order valence-corrected chi connectivity index (χ3v) is 3.18. The molecule has 0 bridgehead atoms. The van der Waals surface area contributed by atoms with Crippen LogP contribution in [-0.4, -0.2) is 12.6 Å². The van der Waals surface area contributed by atoms with E-state index >= 15 is 0 Å². The van der Waals surface area contributed by atoms with Crippen LogP contribution in [0.4, 0.5) is 0 Å². The molecule has 0 radical (unpaired) electrons. The van der Waals surface area contributed by atoms with E-state index in [1.807, 2.05) is 0 Å². The molecular weight excluding hydrogens is 222 g/mol. The van der Waals surface area contributed by atoms with Crippen molar-refractivity contribution in [3.8, 4) is 5.75 Å². The van der Waals surface area contributed by atoms with Gasteiger partial charge in [0.05, 0.1) is 6.10 Å². The van der Waals surface area contributed by atoms with Crippen molar-refractivity contribution < 1.29 is 4.74 Å². The second-order valence-corrected chi connectivity index (χ2v) is 5.98. The molecule has 1 rings (SSSR count). The van der Waals surface area contributed by atoms with Gasteiger partial charge in [0.25, 0.3) is 0 Å². The van der Waals surface area contributed by atoms with Gasteiger partial charge in [-0.25, -0.2) is 0 Å².